The number of hydrogen-bond donors (Lipinski definition) is 2. The molecule has 0 spiro atoms. The smallest absolute Gasteiger partial charge is 0.390 e. The fourth-order valence-electron chi connectivity index (χ4n) is 2.77. The topological polar surface area (TPSA) is 145 Å². The highest BCUT2D eigenvalue weighted by atomic mass is 35.5. The predicted molar refractivity (Wildman–Crippen MR) is 74.8 cm³/mol. The maximum atomic E-state index is 12.0. The van der Waals surface area contributed by atoms with Crippen LogP contribution in [0.4, 0.5) is 5.95 Å². The van der Waals surface area contributed by atoms with Crippen LogP contribution >= 0.6 is 11.6 Å². The van der Waals surface area contributed by atoms with Crippen molar-refractivity contribution in [3.63, 3.8) is 0 Å². The molecule has 2 heterocycles. The number of aromatic nitrogens is 2. The van der Waals surface area contributed by atoms with Crippen molar-refractivity contribution in [1.82, 2.24) is 9.55 Å². The molecule has 10 nitrogen and oxygen atoms in total. The van der Waals surface area contributed by atoms with Crippen LogP contribution in [0, 0.1) is 10.1 Å². The molecule has 1 saturated heterocycles. The molecule has 2 rings (SSSR count). The van der Waals surface area contributed by atoms with E-state index in [-0.39, 0.29) is 0 Å². The van der Waals surface area contributed by atoms with Gasteiger partial charge in [0, 0.05) is 0 Å². The quantitative estimate of drug-likeness (QED) is 0.414. The number of rotatable bonds is 5. The van der Waals surface area contributed by atoms with Gasteiger partial charge in [-0.05, 0) is 18.8 Å². The van der Waals surface area contributed by atoms with Crippen molar-refractivity contribution in [3.8, 4) is 0 Å². The normalized spacial score (nSPS) is 33.6. The molecule has 0 saturated carbocycles. The first-order chi connectivity index (χ1) is 10.6. The molecule has 1 aliphatic heterocycles. The molecule has 11 heteroatoms. The standard InChI is InChI=1S/C12H14ClN3O7/c1-6(17)11(19)8(5-13)23-9(12(11,20)7(2)18)15-4-3-14-10(15)16(21)22/h3-4,8-9,19-20H,5H2,1-2H3/t8-,9-,11-,12-/m1/s1. The van der Waals surface area contributed by atoms with E-state index in [2.05, 4.69) is 4.98 Å². The number of alkyl halides is 1. The zero-order valence-corrected chi connectivity index (χ0v) is 12.9. The monoisotopic (exact) mass is 347 g/mol. The molecule has 1 aliphatic rings. The van der Waals surface area contributed by atoms with Gasteiger partial charge in [-0.3, -0.25) is 9.59 Å². The first kappa shape index (κ1) is 17.5. The number of halogens is 1. The van der Waals surface area contributed by atoms with Gasteiger partial charge in [0.05, 0.1) is 5.88 Å². The summed E-state index contributed by atoms with van der Waals surface area (Å²) in [6, 6.07) is 0. The second-order valence-corrected chi connectivity index (χ2v) is 5.48. The minimum absolute atomic E-state index is 0.426. The van der Waals surface area contributed by atoms with Crippen molar-refractivity contribution in [3.05, 3.63) is 22.5 Å². The van der Waals surface area contributed by atoms with Crippen molar-refractivity contribution < 1.29 is 29.5 Å². The summed E-state index contributed by atoms with van der Waals surface area (Å²) in [4.78, 5) is 37.6. The van der Waals surface area contributed by atoms with E-state index < -0.39 is 51.9 Å². The third kappa shape index (κ3) is 2.17. The van der Waals surface area contributed by atoms with E-state index in [9.17, 15) is 29.9 Å². The molecule has 0 aliphatic carbocycles. The molecule has 0 amide bonds. The van der Waals surface area contributed by atoms with E-state index in [1.807, 2.05) is 0 Å². The molecule has 0 radical (unpaired) electrons. The minimum Gasteiger partial charge on any atom is -0.390 e. The number of ether oxygens (including phenoxy) is 1. The van der Waals surface area contributed by atoms with Crippen molar-refractivity contribution in [2.45, 2.75) is 37.4 Å². The Hall–Kier alpha value is -1.88. The fraction of sp³-hybridized carbons (Fsp3) is 0.583. The number of nitrogens with zero attached hydrogens (tertiary/aromatic N) is 3. The number of aliphatic hydroxyl groups is 2. The first-order valence-corrected chi connectivity index (χ1v) is 7.01. The van der Waals surface area contributed by atoms with Crippen LogP contribution in [0.5, 0.6) is 0 Å². The highest BCUT2D eigenvalue weighted by Gasteiger charge is 2.73. The molecule has 0 aromatic carbocycles. The van der Waals surface area contributed by atoms with Gasteiger partial charge in [0.25, 0.3) is 0 Å². The predicted octanol–water partition coefficient (Wildman–Crippen LogP) is -0.432. The van der Waals surface area contributed by atoms with E-state index in [0.717, 1.165) is 30.8 Å². The Labute approximate surface area is 134 Å². The Bertz CT molecular complexity index is 677. The fourth-order valence-corrected chi connectivity index (χ4v) is 3.06. The summed E-state index contributed by atoms with van der Waals surface area (Å²) in [6.07, 6.45) is -1.03. The SMILES string of the molecule is CC(=O)[C@@]1(O)[C@@H](CCl)O[C@@H](n2ccnc2[N+](=O)[O-])[C@]1(O)C(C)=O. The number of ketones is 2. The van der Waals surface area contributed by atoms with Crippen molar-refractivity contribution in [1.29, 1.82) is 0 Å². The maximum Gasteiger partial charge on any atom is 0.436 e. The van der Waals surface area contributed by atoms with Crippen LogP contribution in [0.2, 0.25) is 0 Å². The summed E-state index contributed by atoms with van der Waals surface area (Å²) in [6.45, 7) is 1.89. The number of carbonyl (C=O) groups excluding carboxylic acids is 2. The molecule has 23 heavy (non-hydrogen) atoms. The highest BCUT2D eigenvalue weighted by molar-refractivity contribution is 6.18. The average Bonchev–Trinajstić information content (AvgIpc) is 3.03. The van der Waals surface area contributed by atoms with Gasteiger partial charge in [-0.1, -0.05) is 4.98 Å². The summed E-state index contributed by atoms with van der Waals surface area (Å²) in [5, 5.41) is 32.5. The van der Waals surface area contributed by atoms with E-state index in [0.29, 0.717) is 0 Å². The van der Waals surface area contributed by atoms with Gasteiger partial charge in [0.1, 0.15) is 18.5 Å². The van der Waals surface area contributed by atoms with Crippen LogP contribution in [0.25, 0.3) is 0 Å². The van der Waals surface area contributed by atoms with Gasteiger partial charge in [-0.25, -0.2) is 0 Å². The van der Waals surface area contributed by atoms with Crippen LogP contribution in [0.3, 0.4) is 0 Å². The molecule has 0 unspecified atom stereocenters. The van der Waals surface area contributed by atoms with Crippen molar-refractivity contribution in [2.24, 2.45) is 0 Å². The van der Waals surface area contributed by atoms with Crippen LogP contribution < -0.4 is 0 Å². The average molecular weight is 348 g/mol. The van der Waals surface area contributed by atoms with E-state index in [1.165, 1.54) is 0 Å². The van der Waals surface area contributed by atoms with E-state index in [1.54, 1.807) is 0 Å². The second-order valence-electron chi connectivity index (χ2n) is 5.17. The number of carbonyl (C=O) groups is 2. The van der Waals surface area contributed by atoms with Crippen LogP contribution in [0.1, 0.15) is 20.1 Å². The molecule has 2 N–H and O–H groups in total. The Morgan fingerprint density at radius 2 is 2.00 bits per heavy atom. The summed E-state index contributed by atoms with van der Waals surface area (Å²) in [5.41, 5.74) is -5.41. The van der Waals surface area contributed by atoms with Crippen LogP contribution in [0.15, 0.2) is 12.4 Å². The summed E-state index contributed by atoms with van der Waals surface area (Å²) >= 11 is 5.68. The Morgan fingerprint density at radius 3 is 2.43 bits per heavy atom. The summed E-state index contributed by atoms with van der Waals surface area (Å²) in [7, 11) is 0. The summed E-state index contributed by atoms with van der Waals surface area (Å²) in [5.74, 6) is -3.11. The molecule has 1 aromatic rings. The largest absolute Gasteiger partial charge is 0.436 e. The highest BCUT2D eigenvalue weighted by Crippen LogP contribution is 2.48. The lowest BCUT2D eigenvalue weighted by molar-refractivity contribution is -0.399. The van der Waals surface area contributed by atoms with Gasteiger partial charge < -0.3 is 25.1 Å². The van der Waals surface area contributed by atoms with Gasteiger partial charge >= 0.3 is 5.95 Å². The van der Waals surface area contributed by atoms with Crippen molar-refractivity contribution in [2.75, 3.05) is 5.88 Å². The Balaban J connectivity index is 2.69. The lowest BCUT2D eigenvalue weighted by atomic mass is 9.75. The molecule has 126 valence electrons. The maximum absolute atomic E-state index is 12.0. The van der Waals surface area contributed by atoms with Crippen LogP contribution in [-0.4, -0.2) is 59.4 Å². The number of nitro groups is 1. The third-order valence-corrected chi connectivity index (χ3v) is 4.26. The molecule has 1 aromatic heterocycles. The summed E-state index contributed by atoms with van der Waals surface area (Å²) < 4.78 is 6.11. The van der Waals surface area contributed by atoms with Crippen LogP contribution in [-0.2, 0) is 14.3 Å². The molecular weight excluding hydrogens is 334 g/mol. The molecule has 4 atom stereocenters. The van der Waals surface area contributed by atoms with E-state index >= 15 is 0 Å². The minimum atomic E-state index is -2.76. The number of imidazole rings is 1. The molecule has 1 fully saturated rings. The zero-order chi connectivity index (χ0) is 17.6. The van der Waals surface area contributed by atoms with Crippen molar-refractivity contribution >= 4 is 29.1 Å². The Morgan fingerprint density at radius 1 is 1.43 bits per heavy atom. The lowest BCUT2D eigenvalue weighted by Crippen LogP contribution is -2.65. The third-order valence-electron chi connectivity index (χ3n) is 3.98. The molecular formula is C12H14ClN3O7. The molecule has 0 bridgehead atoms. The van der Waals surface area contributed by atoms with E-state index in [4.69, 9.17) is 16.3 Å². The number of hydrogen-bond acceptors (Lipinski definition) is 8. The van der Waals surface area contributed by atoms with Gasteiger partial charge in [-0.2, -0.15) is 4.57 Å². The van der Waals surface area contributed by atoms with Gasteiger partial charge in [0.2, 0.25) is 11.8 Å². The van der Waals surface area contributed by atoms with Gasteiger partial charge in [-0.15, -0.1) is 11.6 Å². The lowest BCUT2D eigenvalue weighted by Gasteiger charge is -2.35. The zero-order valence-electron chi connectivity index (χ0n) is 12.2. The Kier molecular flexibility index (Phi) is 4.28. The first-order valence-electron chi connectivity index (χ1n) is 6.47. The second kappa shape index (κ2) is 5.64. The van der Waals surface area contributed by atoms with Gasteiger partial charge in [0.15, 0.2) is 17.2 Å². The number of Topliss-reactive ketones (excluding diaryl/α,β-unsaturated/α-hetero) is 2.